The lowest BCUT2D eigenvalue weighted by molar-refractivity contribution is 1.66. The van der Waals surface area contributed by atoms with Crippen LogP contribution in [0.3, 0.4) is 0 Å². The second kappa shape index (κ2) is 9.51. The summed E-state index contributed by atoms with van der Waals surface area (Å²) in [6.45, 7) is 0. The minimum absolute atomic E-state index is 0. The predicted molar refractivity (Wildman–Crippen MR) is 128 cm³/mol. The molecule has 0 saturated heterocycles. The molecule has 138 valence electrons. The van der Waals surface area contributed by atoms with E-state index in [2.05, 4.69) is 133 Å². The Morgan fingerprint density at radius 2 is 0.750 bits per heavy atom. The molecule has 0 nitrogen and oxygen atoms in total. The molecule has 0 aliphatic rings. The zero-order valence-corrected chi connectivity index (χ0v) is 17.3. The molecule has 28 heavy (non-hydrogen) atoms. The van der Waals surface area contributed by atoms with Crippen LogP contribution in [0, 0.1) is 0 Å². The van der Waals surface area contributed by atoms with Gasteiger partial charge in [0.1, 0.15) is 23.2 Å². The van der Waals surface area contributed by atoms with E-state index < -0.39 is 7.26 Å². The first-order valence-corrected chi connectivity index (χ1v) is 11.1. The van der Waals surface area contributed by atoms with Crippen molar-refractivity contribution in [2.45, 2.75) is 0 Å². The summed E-state index contributed by atoms with van der Waals surface area (Å²) in [6.07, 6.45) is 2.28. The molecule has 0 spiro atoms. The van der Waals surface area contributed by atoms with Gasteiger partial charge in [0, 0.05) is 0 Å². The molecule has 0 N–H and O–H groups in total. The van der Waals surface area contributed by atoms with Crippen molar-refractivity contribution in [3.63, 3.8) is 0 Å². The summed E-state index contributed by atoms with van der Waals surface area (Å²) in [7, 11) is -1.90. The minimum atomic E-state index is -1.90. The Morgan fingerprint density at radius 3 is 1.11 bits per heavy atom. The first kappa shape index (κ1) is 20.1. The van der Waals surface area contributed by atoms with Crippen LogP contribution in [-0.2, 0) is 0 Å². The SMILES string of the molecule is C(=C[P+](c1ccccc1)(c1ccccc1)c1ccccc1)c1ccccc1.Cl. The summed E-state index contributed by atoms with van der Waals surface area (Å²) in [5.41, 5.74) is 1.23. The summed E-state index contributed by atoms with van der Waals surface area (Å²) in [5, 5.41) is 4.11. The average Bonchev–Trinajstić information content (AvgIpc) is 2.77. The van der Waals surface area contributed by atoms with E-state index in [1.54, 1.807) is 0 Å². The second-order valence-corrected chi connectivity index (χ2v) is 9.75. The second-order valence-electron chi connectivity index (χ2n) is 6.46. The lowest BCUT2D eigenvalue weighted by Crippen LogP contribution is -2.29. The van der Waals surface area contributed by atoms with Crippen LogP contribution in [0.4, 0.5) is 0 Å². The fourth-order valence-corrected chi connectivity index (χ4v) is 7.19. The van der Waals surface area contributed by atoms with Crippen LogP contribution in [0.5, 0.6) is 0 Å². The zero-order chi connectivity index (χ0) is 18.4. The smallest absolute Gasteiger partial charge is 0.136 e. The molecule has 4 aromatic rings. The van der Waals surface area contributed by atoms with Gasteiger partial charge in [0.15, 0.2) is 0 Å². The molecule has 0 radical (unpaired) electrons. The van der Waals surface area contributed by atoms with Crippen molar-refractivity contribution in [1.29, 1.82) is 0 Å². The highest BCUT2D eigenvalue weighted by Crippen LogP contribution is 2.57. The van der Waals surface area contributed by atoms with Gasteiger partial charge in [0.25, 0.3) is 0 Å². The maximum atomic E-state index is 2.45. The van der Waals surface area contributed by atoms with Crippen LogP contribution in [0.2, 0.25) is 0 Å². The zero-order valence-electron chi connectivity index (χ0n) is 15.6. The first-order chi connectivity index (χ1) is 13.4. The van der Waals surface area contributed by atoms with Crippen molar-refractivity contribution in [2.75, 3.05) is 0 Å². The van der Waals surface area contributed by atoms with Crippen LogP contribution >= 0.6 is 19.7 Å². The van der Waals surface area contributed by atoms with Crippen LogP contribution in [0.1, 0.15) is 5.56 Å². The Balaban J connectivity index is 0.00000225. The van der Waals surface area contributed by atoms with Crippen LogP contribution in [0.25, 0.3) is 6.08 Å². The molecule has 4 aromatic carbocycles. The third kappa shape index (κ3) is 4.09. The van der Waals surface area contributed by atoms with Crippen LogP contribution in [0.15, 0.2) is 127 Å². The van der Waals surface area contributed by atoms with E-state index in [0.29, 0.717) is 0 Å². The van der Waals surface area contributed by atoms with Gasteiger partial charge in [-0.05, 0) is 48.0 Å². The minimum Gasteiger partial charge on any atom is -0.147 e. The van der Waals surface area contributed by atoms with Crippen molar-refractivity contribution in [2.24, 2.45) is 0 Å². The Labute approximate surface area is 174 Å². The molecular weight excluding hydrogens is 379 g/mol. The highest BCUT2D eigenvalue weighted by atomic mass is 35.5. The summed E-state index contributed by atoms with van der Waals surface area (Å²) in [5.74, 6) is 2.45. The number of rotatable bonds is 5. The molecular formula is C26H23ClP+. The maximum Gasteiger partial charge on any atom is 0.136 e. The topological polar surface area (TPSA) is 0 Å². The Bertz CT molecular complexity index is 901. The van der Waals surface area contributed by atoms with Gasteiger partial charge in [-0.3, -0.25) is 0 Å². The molecule has 0 unspecified atom stereocenters. The molecule has 0 amide bonds. The standard InChI is InChI=1S/C26H22P.ClH/c1-5-13-23(14-6-1)21-22-27(24-15-7-2-8-16-24,25-17-9-3-10-18-25)26-19-11-4-12-20-26;/h1-22H;1H/q+1;. The fraction of sp³-hybridized carbons (Fsp3) is 0. The molecule has 0 saturated carbocycles. The molecule has 0 bridgehead atoms. The Kier molecular flexibility index (Phi) is 6.82. The summed E-state index contributed by atoms with van der Waals surface area (Å²) in [6, 6.07) is 43.3. The van der Waals surface area contributed by atoms with E-state index in [4.69, 9.17) is 0 Å². The Hall–Kier alpha value is -2.66. The van der Waals surface area contributed by atoms with Crippen molar-refractivity contribution in [3.05, 3.63) is 133 Å². The summed E-state index contributed by atoms with van der Waals surface area (Å²) in [4.78, 5) is 0. The number of hydrogen-bond acceptors (Lipinski definition) is 0. The quantitative estimate of drug-likeness (QED) is 0.356. The highest BCUT2D eigenvalue weighted by molar-refractivity contribution is 7.98. The van der Waals surface area contributed by atoms with E-state index in [-0.39, 0.29) is 12.4 Å². The van der Waals surface area contributed by atoms with Crippen molar-refractivity contribution >= 4 is 41.7 Å². The monoisotopic (exact) mass is 401 g/mol. The number of benzene rings is 4. The normalized spacial score (nSPS) is 11.1. The molecule has 0 atom stereocenters. The summed E-state index contributed by atoms with van der Waals surface area (Å²) >= 11 is 0. The van der Waals surface area contributed by atoms with Gasteiger partial charge in [-0.15, -0.1) is 12.4 Å². The molecule has 4 rings (SSSR count). The maximum absolute atomic E-state index is 2.45. The fourth-order valence-electron chi connectivity index (χ4n) is 3.46. The molecule has 0 aromatic heterocycles. The van der Waals surface area contributed by atoms with Crippen molar-refractivity contribution in [1.82, 2.24) is 0 Å². The Morgan fingerprint density at radius 1 is 0.429 bits per heavy atom. The lowest BCUT2D eigenvalue weighted by atomic mass is 10.2. The van der Waals surface area contributed by atoms with E-state index in [1.165, 1.54) is 21.5 Å². The molecule has 2 heteroatoms. The molecule has 0 aliphatic heterocycles. The third-order valence-electron chi connectivity index (χ3n) is 4.78. The van der Waals surface area contributed by atoms with Gasteiger partial charge >= 0.3 is 0 Å². The van der Waals surface area contributed by atoms with Gasteiger partial charge in [-0.25, -0.2) is 0 Å². The van der Waals surface area contributed by atoms with Gasteiger partial charge in [0.05, 0.1) is 5.82 Å². The number of hydrogen-bond donors (Lipinski definition) is 0. The van der Waals surface area contributed by atoms with Crippen LogP contribution < -0.4 is 15.9 Å². The lowest BCUT2D eigenvalue weighted by Gasteiger charge is -2.24. The first-order valence-electron chi connectivity index (χ1n) is 9.19. The van der Waals surface area contributed by atoms with Gasteiger partial charge in [-0.2, -0.15) is 0 Å². The predicted octanol–water partition coefficient (Wildman–Crippen LogP) is 6.07. The van der Waals surface area contributed by atoms with Gasteiger partial charge in [-0.1, -0.05) is 84.9 Å². The van der Waals surface area contributed by atoms with Gasteiger partial charge in [0.2, 0.25) is 0 Å². The van der Waals surface area contributed by atoms with Gasteiger partial charge < -0.3 is 0 Å². The summed E-state index contributed by atoms with van der Waals surface area (Å²) < 4.78 is 0. The average molecular weight is 402 g/mol. The largest absolute Gasteiger partial charge is 0.147 e. The van der Waals surface area contributed by atoms with Crippen molar-refractivity contribution < 1.29 is 0 Å². The molecule has 0 heterocycles. The number of halogens is 1. The van der Waals surface area contributed by atoms with E-state index >= 15 is 0 Å². The van der Waals surface area contributed by atoms with E-state index in [0.717, 1.165) is 0 Å². The van der Waals surface area contributed by atoms with Crippen LogP contribution in [-0.4, -0.2) is 0 Å². The van der Waals surface area contributed by atoms with Crippen molar-refractivity contribution in [3.8, 4) is 0 Å². The third-order valence-corrected chi connectivity index (χ3v) is 8.71. The van der Waals surface area contributed by atoms with E-state index in [9.17, 15) is 0 Å². The van der Waals surface area contributed by atoms with E-state index in [1.807, 2.05) is 0 Å². The highest BCUT2D eigenvalue weighted by Gasteiger charge is 2.43. The molecule has 0 aliphatic carbocycles. The molecule has 0 fully saturated rings.